The lowest BCUT2D eigenvalue weighted by atomic mass is 10.1. The molecule has 4 rings (SSSR count). The van der Waals surface area contributed by atoms with Gasteiger partial charge < -0.3 is 9.88 Å². The van der Waals surface area contributed by atoms with Crippen LogP contribution in [0.3, 0.4) is 0 Å². The SMILES string of the molecule is Cc1ccc(C(=O)Nc2ccc(-c3nnc(SCC(=O)c4ccccc4)n3C)cc2)cc1. The van der Waals surface area contributed by atoms with Crippen LogP contribution in [0.25, 0.3) is 11.4 Å². The Morgan fingerprint density at radius 1 is 0.875 bits per heavy atom. The molecule has 0 aliphatic carbocycles. The van der Waals surface area contributed by atoms with Crippen molar-refractivity contribution in [3.05, 3.63) is 95.6 Å². The number of carbonyl (C=O) groups excluding carboxylic acids is 2. The molecule has 0 spiro atoms. The summed E-state index contributed by atoms with van der Waals surface area (Å²) in [5, 5.41) is 12.1. The fourth-order valence-electron chi connectivity index (χ4n) is 3.14. The number of anilines is 1. The van der Waals surface area contributed by atoms with E-state index >= 15 is 0 Å². The second-order valence-electron chi connectivity index (χ2n) is 7.34. The number of aromatic nitrogens is 3. The molecule has 0 aliphatic heterocycles. The first-order chi connectivity index (χ1) is 15.5. The highest BCUT2D eigenvalue weighted by Crippen LogP contribution is 2.24. The van der Waals surface area contributed by atoms with Gasteiger partial charge in [0.25, 0.3) is 5.91 Å². The minimum absolute atomic E-state index is 0.0498. The van der Waals surface area contributed by atoms with Gasteiger partial charge in [-0.25, -0.2) is 0 Å². The van der Waals surface area contributed by atoms with Gasteiger partial charge in [-0.05, 0) is 43.3 Å². The first kappa shape index (κ1) is 21.5. The maximum Gasteiger partial charge on any atom is 0.255 e. The van der Waals surface area contributed by atoms with Gasteiger partial charge in [-0.2, -0.15) is 0 Å². The number of ketones is 1. The number of nitrogens with zero attached hydrogens (tertiary/aromatic N) is 3. The number of nitrogens with one attached hydrogen (secondary N) is 1. The van der Waals surface area contributed by atoms with E-state index in [0.717, 1.165) is 11.1 Å². The lowest BCUT2D eigenvalue weighted by molar-refractivity contribution is 0.101. The summed E-state index contributed by atoms with van der Waals surface area (Å²) in [6.45, 7) is 1.98. The minimum atomic E-state index is -0.154. The van der Waals surface area contributed by atoms with E-state index in [0.29, 0.717) is 33.5 Å². The zero-order valence-corrected chi connectivity index (χ0v) is 18.6. The Bertz CT molecular complexity index is 1230. The number of aryl methyl sites for hydroxylation is 1. The summed E-state index contributed by atoms with van der Waals surface area (Å²) in [6.07, 6.45) is 0. The number of thioether (sulfide) groups is 1. The van der Waals surface area contributed by atoms with Crippen molar-refractivity contribution in [2.75, 3.05) is 11.1 Å². The lowest BCUT2D eigenvalue weighted by Crippen LogP contribution is -2.11. The standard InChI is InChI=1S/C25H22N4O2S/c1-17-8-10-20(11-9-17)24(31)26-21-14-12-19(13-15-21)23-27-28-25(29(23)2)32-16-22(30)18-6-4-3-5-7-18/h3-15H,16H2,1-2H3,(H,26,31). The minimum Gasteiger partial charge on any atom is -0.322 e. The number of benzene rings is 3. The Morgan fingerprint density at radius 3 is 2.25 bits per heavy atom. The van der Waals surface area contributed by atoms with Gasteiger partial charge in [0.05, 0.1) is 5.75 Å². The second-order valence-corrected chi connectivity index (χ2v) is 8.28. The molecule has 3 aromatic carbocycles. The molecule has 7 heteroatoms. The van der Waals surface area contributed by atoms with Crippen LogP contribution in [0.5, 0.6) is 0 Å². The van der Waals surface area contributed by atoms with Gasteiger partial charge in [-0.3, -0.25) is 9.59 Å². The van der Waals surface area contributed by atoms with Crippen molar-refractivity contribution >= 4 is 29.1 Å². The van der Waals surface area contributed by atoms with Crippen LogP contribution < -0.4 is 5.32 Å². The highest BCUT2D eigenvalue weighted by molar-refractivity contribution is 7.99. The molecule has 0 fully saturated rings. The van der Waals surface area contributed by atoms with Crippen LogP contribution in [-0.2, 0) is 7.05 Å². The first-order valence-corrected chi connectivity index (χ1v) is 11.1. The van der Waals surface area contributed by atoms with Gasteiger partial charge in [0.1, 0.15) is 0 Å². The predicted octanol–water partition coefficient (Wildman–Crippen LogP) is 5.02. The second kappa shape index (κ2) is 9.62. The quantitative estimate of drug-likeness (QED) is 0.321. The number of amides is 1. The van der Waals surface area contributed by atoms with Crippen molar-refractivity contribution in [2.24, 2.45) is 7.05 Å². The molecule has 32 heavy (non-hydrogen) atoms. The van der Waals surface area contributed by atoms with E-state index in [9.17, 15) is 9.59 Å². The van der Waals surface area contributed by atoms with E-state index in [1.807, 2.05) is 85.3 Å². The molecule has 6 nitrogen and oxygen atoms in total. The Labute approximate surface area is 190 Å². The largest absolute Gasteiger partial charge is 0.322 e. The number of rotatable bonds is 7. The highest BCUT2D eigenvalue weighted by atomic mass is 32.2. The van der Waals surface area contributed by atoms with Crippen LogP contribution in [0.1, 0.15) is 26.3 Å². The zero-order chi connectivity index (χ0) is 22.5. The third-order valence-corrected chi connectivity index (χ3v) is 6.00. The lowest BCUT2D eigenvalue weighted by Gasteiger charge is -2.07. The molecule has 1 amide bonds. The average Bonchev–Trinajstić information content (AvgIpc) is 3.19. The Kier molecular flexibility index (Phi) is 6.47. The van der Waals surface area contributed by atoms with E-state index in [-0.39, 0.29) is 11.7 Å². The fraction of sp³-hybridized carbons (Fsp3) is 0.120. The van der Waals surface area contributed by atoms with E-state index in [2.05, 4.69) is 15.5 Å². The van der Waals surface area contributed by atoms with E-state index in [1.54, 1.807) is 12.1 Å². The molecule has 0 radical (unpaired) electrons. The maximum atomic E-state index is 12.4. The highest BCUT2D eigenvalue weighted by Gasteiger charge is 2.14. The van der Waals surface area contributed by atoms with Gasteiger partial charge in [0.2, 0.25) is 0 Å². The molecule has 0 atom stereocenters. The molecular weight excluding hydrogens is 420 g/mol. The molecule has 1 heterocycles. The molecular formula is C25H22N4O2S. The van der Waals surface area contributed by atoms with Gasteiger partial charge in [-0.15, -0.1) is 10.2 Å². The van der Waals surface area contributed by atoms with E-state index in [4.69, 9.17) is 0 Å². The van der Waals surface area contributed by atoms with Gasteiger partial charge in [0.15, 0.2) is 16.8 Å². The number of carbonyl (C=O) groups is 2. The van der Waals surface area contributed by atoms with Crippen molar-refractivity contribution < 1.29 is 9.59 Å². The van der Waals surface area contributed by atoms with E-state index < -0.39 is 0 Å². The molecule has 0 saturated carbocycles. The molecule has 4 aromatic rings. The van der Waals surface area contributed by atoms with Crippen molar-refractivity contribution in [1.82, 2.24) is 14.8 Å². The van der Waals surface area contributed by atoms with Crippen LogP contribution in [0.15, 0.2) is 84.0 Å². The summed E-state index contributed by atoms with van der Waals surface area (Å²) in [4.78, 5) is 24.7. The van der Waals surface area contributed by atoms with Crippen LogP contribution in [-0.4, -0.2) is 32.2 Å². The van der Waals surface area contributed by atoms with Crippen LogP contribution in [0.4, 0.5) is 5.69 Å². The molecule has 0 saturated heterocycles. The molecule has 160 valence electrons. The third kappa shape index (κ3) is 4.95. The van der Waals surface area contributed by atoms with Crippen LogP contribution in [0, 0.1) is 6.92 Å². The molecule has 0 bridgehead atoms. The fourth-order valence-corrected chi connectivity index (χ4v) is 3.95. The molecule has 1 aromatic heterocycles. The van der Waals surface area contributed by atoms with Crippen LogP contribution in [0.2, 0.25) is 0 Å². The monoisotopic (exact) mass is 442 g/mol. The Morgan fingerprint density at radius 2 is 1.56 bits per heavy atom. The van der Waals surface area contributed by atoms with Crippen molar-refractivity contribution in [3.63, 3.8) is 0 Å². The van der Waals surface area contributed by atoms with E-state index in [1.165, 1.54) is 11.8 Å². The Balaban J connectivity index is 1.41. The van der Waals surface area contributed by atoms with Crippen molar-refractivity contribution in [2.45, 2.75) is 12.1 Å². The van der Waals surface area contributed by atoms with Gasteiger partial charge >= 0.3 is 0 Å². The predicted molar refractivity (Wildman–Crippen MR) is 127 cm³/mol. The summed E-state index contributed by atoms with van der Waals surface area (Å²) in [7, 11) is 1.87. The summed E-state index contributed by atoms with van der Waals surface area (Å²) in [5.41, 5.74) is 3.97. The van der Waals surface area contributed by atoms with Crippen molar-refractivity contribution in [1.29, 1.82) is 0 Å². The smallest absolute Gasteiger partial charge is 0.255 e. The topological polar surface area (TPSA) is 76.9 Å². The molecule has 0 unspecified atom stereocenters. The molecule has 1 N–H and O–H groups in total. The normalized spacial score (nSPS) is 10.7. The average molecular weight is 443 g/mol. The number of hydrogen-bond donors (Lipinski definition) is 1. The van der Waals surface area contributed by atoms with Crippen molar-refractivity contribution in [3.8, 4) is 11.4 Å². The van der Waals surface area contributed by atoms with Gasteiger partial charge in [-0.1, -0.05) is 59.8 Å². The molecule has 0 aliphatic rings. The third-order valence-electron chi connectivity index (χ3n) is 4.98. The number of hydrogen-bond acceptors (Lipinski definition) is 5. The summed E-state index contributed by atoms with van der Waals surface area (Å²) in [5.74, 6) is 0.878. The number of Topliss-reactive ketones (excluding diaryl/α,β-unsaturated/α-hetero) is 1. The Hall–Kier alpha value is -3.71. The summed E-state index contributed by atoms with van der Waals surface area (Å²) >= 11 is 1.36. The summed E-state index contributed by atoms with van der Waals surface area (Å²) in [6, 6.07) is 24.1. The van der Waals surface area contributed by atoms with Gasteiger partial charge in [0, 0.05) is 29.4 Å². The zero-order valence-electron chi connectivity index (χ0n) is 17.8. The maximum absolute atomic E-state index is 12.4. The first-order valence-electron chi connectivity index (χ1n) is 10.1. The van der Waals surface area contributed by atoms with Crippen LogP contribution >= 0.6 is 11.8 Å². The summed E-state index contributed by atoms with van der Waals surface area (Å²) < 4.78 is 1.86.